The molecule has 2 aromatic rings. The maximum absolute atomic E-state index is 12.9. The number of amides is 1. The molecule has 1 aromatic carbocycles. The van der Waals surface area contributed by atoms with E-state index in [-0.39, 0.29) is 11.0 Å². The van der Waals surface area contributed by atoms with Crippen molar-refractivity contribution in [2.75, 3.05) is 12.4 Å². The zero-order valence-electron chi connectivity index (χ0n) is 12.3. The summed E-state index contributed by atoms with van der Waals surface area (Å²) in [7, 11) is 0. The van der Waals surface area contributed by atoms with Gasteiger partial charge >= 0.3 is 6.18 Å². The number of thioether (sulfide) groups is 1. The number of benzene rings is 1. The van der Waals surface area contributed by atoms with Gasteiger partial charge in [0.2, 0.25) is 11.1 Å². The van der Waals surface area contributed by atoms with Gasteiger partial charge in [-0.25, -0.2) is 9.07 Å². The van der Waals surface area contributed by atoms with Crippen LogP contribution in [0.5, 0.6) is 0 Å². The van der Waals surface area contributed by atoms with Crippen molar-refractivity contribution in [3.8, 4) is 11.4 Å². The first-order valence-electron chi connectivity index (χ1n) is 6.65. The van der Waals surface area contributed by atoms with E-state index in [4.69, 9.17) is 5.84 Å². The summed E-state index contributed by atoms with van der Waals surface area (Å²) in [4.78, 5) is 11.6. The standard InChI is InChI=1S/C13H13F4N5OS/c1-7(11(23)19-6-13(15,16)17)24-12-21-20-10(22(12)18)8-2-4-9(14)5-3-8/h2-5,7H,6,18H2,1H3,(H,19,23)/t7-/m0/s1. The van der Waals surface area contributed by atoms with Gasteiger partial charge in [-0.2, -0.15) is 13.2 Å². The fourth-order valence-electron chi connectivity index (χ4n) is 1.70. The smallest absolute Gasteiger partial charge is 0.346 e. The van der Waals surface area contributed by atoms with Crippen molar-refractivity contribution in [3.05, 3.63) is 30.1 Å². The van der Waals surface area contributed by atoms with Gasteiger partial charge in [0.1, 0.15) is 12.4 Å². The third kappa shape index (κ3) is 4.60. The molecule has 11 heteroatoms. The molecule has 0 fully saturated rings. The highest BCUT2D eigenvalue weighted by Crippen LogP contribution is 2.25. The molecule has 1 amide bonds. The second-order valence-electron chi connectivity index (χ2n) is 4.78. The summed E-state index contributed by atoms with van der Waals surface area (Å²) in [5.41, 5.74) is 0.507. The summed E-state index contributed by atoms with van der Waals surface area (Å²) in [5.74, 6) is 4.84. The minimum absolute atomic E-state index is 0.143. The van der Waals surface area contributed by atoms with Crippen molar-refractivity contribution >= 4 is 17.7 Å². The predicted octanol–water partition coefficient (Wildman–Crippen LogP) is 1.96. The Kier molecular flexibility index (Phi) is 5.32. The molecule has 0 saturated heterocycles. The van der Waals surface area contributed by atoms with Crippen LogP contribution in [0.4, 0.5) is 17.6 Å². The lowest BCUT2D eigenvalue weighted by Gasteiger charge is -2.12. The molecule has 6 nitrogen and oxygen atoms in total. The molecule has 1 aromatic heterocycles. The van der Waals surface area contributed by atoms with Crippen LogP contribution in [0.25, 0.3) is 11.4 Å². The van der Waals surface area contributed by atoms with Crippen LogP contribution in [0, 0.1) is 5.82 Å². The van der Waals surface area contributed by atoms with Crippen LogP contribution in [-0.2, 0) is 4.79 Å². The second-order valence-corrected chi connectivity index (χ2v) is 6.08. The molecule has 2 rings (SSSR count). The molecular formula is C13H13F4N5OS. The summed E-state index contributed by atoms with van der Waals surface area (Å²) in [5, 5.41) is 8.71. The SMILES string of the molecule is C[C@H](Sc1nnc(-c2ccc(F)cc2)n1N)C(=O)NCC(F)(F)F. The molecule has 0 bridgehead atoms. The molecule has 0 aliphatic heterocycles. The number of nitrogens with two attached hydrogens (primary N) is 1. The molecule has 130 valence electrons. The van der Waals surface area contributed by atoms with Crippen molar-refractivity contribution in [2.45, 2.75) is 23.5 Å². The van der Waals surface area contributed by atoms with Crippen LogP contribution in [0.3, 0.4) is 0 Å². The van der Waals surface area contributed by atoms with Gasteiger partial charge in [-0.05, 0) is 31.2 Å². The Balaban J connectivity index is 2.05. The number of nitrogen functional groups attached to an aromatic ring is 1. The molecule has 0 unspecified atom stereocenters. The van der Waals surface area contributed by atoms with Crippen molar-refractivity contribution in [2.24, 2.45) is 0 Å². The Morgan fingerprint density at radius 1 is 1.33 bits per heavy atom. The minimum atomic E-state index is -4.48. The third-order valence-electron chi connectivity index (χ3n) is 2.88. The van der Waals surface area contributed by atoms with Gasteiger partial charge in [0.25, 0.3) is 0 Å². The van der Waals surface area contributed by atoms with E-state index in [1.165, 1.54) is 31.2 Å². The number of hydrogen-bond acceptors (Lipinski definition) is 5. The number of halogens is 4. The fraction of sp³-hybridized carbons (Fsp3) is 0.308. The molecule has 0 saturated carbocycles. The van der Waals surface area contributed by atoms with E-state index in [1.807, 2.05) is 0 Å². The Labute approximate surface area is 138 Å². The van der Waals surface area contributed by atoms with Gasteiger partial charge in [-0.3, -0.25) is 4.79 Å². The van der Waals surface area contributed by atoms with Gasteiger partial charge in [-0.15, -0.1) is 10.2 Å². The van der Waals surface area contributed by atoms with E-state index >= 15 is 0 Å². The van der Waals surface area contributed by atoms with E-state index in [2.05, 4.69) is 10.2 Å². The molecule has 1 heterocycles. The number of carbonyl (C=O) groups is 1. The number of carbonyl (C=O) groups excluding carboxylic acids is 1. The van der Waals surface area contributed by atoms with Crippen LogP contribution in [0.1, 0.15) is 6.92 Å². The van der Waals surface area contributed by atoms with Crippen LogP contribution in [0.2, 0.25) is 0 Å². The number of aromatic nitrogens is 3. The predicted molar refractivity (Wildman–Crippen MR) is 80.0 cm³/mol. The Bertz CT molecular complexity index is 716. The Morgan fingerprint density at radius 2 is 1.96 bits per heavy atom. The molecule has 0 radical (unpaired) electrons. The summed E-state index contributed by atoms with van der Waals surface area (Å²) < 4.78 is 50.3. The maximum atomic E-state index is 12.9. The van der Waals surface area contributed by atoms with Crippen molar-refractivity contribution < 1.29 is 22.4 Å². The quantitative estimate of drug-likeness (QED) is 0.482. The van der Waals surface area contributed by atoms with E-state index in [0.29, 0.717) is 5.56 Å². The molecule has 0 spiro atoms. The summed E-state index contributed by atoms with van der Waals surface area (Å²) in [6.45, 7) is 0.00942. The van der Waals surface area contributed by atoms with Crippen LogP contribution in [-0.4, -0.2) is 38.8 Å². The number of alkyl halides is 3. The van der Waals surface area contributed by atoms with Crippen LogP contribution >= 0.6 is 11.8 Å². The first kappa shape index (κ1) is 18.0. The highest BCUT2D eigenvalue weighted by Gasteiger charge is 2.29. The number of hydrogen-bond donors (Lipinski definition) is 2. The highest BCUT2D eigenvalue weighted by molar-refractivity contribution is 8.00. The molecule has 0 aliphatic carbocycles. The number of rotatable bonds is 5. The average molecular weight is 363 g/mol. The molecule has 3 N–H and O–H groups in total. The number of nitrogens with zero attached hydrogens (tertiary/aromatic N) is 3. The summed E-state index contributed by atoms with van der Waals surface area (Å²) in [6.07, 6.45) is -4.48. The zero-order chi connectivity index (χ0) is 17.9. The molecular weight excluding hydrogens is 350 g/mol. The van der Waals surface area contributed by atoms with Gasteiger partial charge in [0.15, 0.2) is 5.82 Å². The van der Waals surface area contributed by atoms with E-state index < -0.39 is 29.7 Å². The highest BCUT2D eigenvalue weighted by atomic mass is 32.2. The lowest BCUT2D eigenvalue weighted by Crippen LogP contribution is -2.38. The first-order chi connectivity index (χ1) is 11.2. The topological polar surface area (TPSA) is 85.8 Å². The van der Waals surface area contributed by atoms with E-state index in [1.54, 1.807) is 5.32 Å². The summed E-state index contributed by atoms with van der Waals surface area (Å²) in [6, 6.07) is 5.36. The average Bonchev–Trinajstić information content (AvgIpc) is 2.86. The van der Waals surface area contributed by atoms with Crippen LogP contribution < -0.4 is 11.2 Å². The molecule has 24 heavy (non-hydrogen) atoms. The van der Waals surface area contributed by atoms with E-state index in [0.717, 1.165) is 16.4 Å². The van der Waals surface area contributed by atoms with Crippen molar-refractivity contribution in [1.82, 2.24) is 20.2 Å². The second kappa shape index (κ2) is 7.07. The Hall–Kier alpha value is -2.30. The fourth-order valence-corrected chi connectivity index (χ4v) is 2.49. The molecule has 0 aliphatic rings. The summed E-state index contributed by atoms with van der Waals surface area (Å²) >= 11 is 0.858. The van der Waals surface area contributed by atoms with E-state index in [9.17, 15) is 22.4 Å². The van der Waals surface area contributed by atoms with Crippen molar-refractivity contribution in [3.63, 3.8) is 0 Å². The van der Waals surface area contributed by atoms with Gasteiger partial charge in [-0.1, -0.05) is 11.8 Å². The van der Waals surface area contributed by atoms with Gasteiger partial charge in [0.05, 0.1) is 5.25 Å². The lowest BCUT2D eigenvalue weighted by molar-refractivity contribution is -0.137. The Morgan fingerprint density at radius 3 is 2.54 bits per heavy atom. The monoisotopic (exact) mass is 363 g/mol. The van der Waals surface area contributed by atoms with Crippen LogP contribution in [0.15, 0.2) is 29.4 Å². The normalized spacial score (nSPS) is 12.9. The van der Waals surface area contributed by atoms with Gasteiger partial charge < -0.3 is 11.2 Å². The molecule has 1 atom stereocenters. The minimum Gasteiger partial charge on any atom is -0.346 e. The number of nitrogens with one attached hydrogen (secondary N) is 1. The zero-order valence-corrected chi connectivity index (χ0v) is 13.2. The maximum Gasteiger partial charge on any atom is 0.405 e. The third-order valence-corrected chi connectivity index (χ3v) is 3.94. The van der Waals surface area contributed by atoms with Crippen molar-refractivity contribution in [1.29, 1.82) is 0 Å². The largest absolute Gasteiger partial charge is 0.405 e. The lowest BCUT2D eigenvalue weighted by atomic mass is 10.2. The van der Waals surface area contributed by atoms with Gasteiger partial charge in [0, 0.05) is 5.56 Å². The first-order valence-corrected chi connectivity index (χ1v) is 7.53.